The Morgan fingerprint density at radius 1 is 1.19 bits per heavy atom. The fraction of sp³-hybridized carbons (Fsp3) is 0.500. The maximum absolute atomic E-state index is 12.0. The van der Waals surface area contributed by atoms with Gasteiger partial charge < -0.3 is 10.2 Å². The molecule has 0 saturated heterocycles. The van der Waals surface area contributed by atoms with Gasteiger partial charge in [-0.25, -0.2) is 13.1 Å². The van der Waals surface area contributed by atoms with Gasteiger partial charge in [-0.2, -0.15) is 0 Å². The first-order chi connectivity index (χ1) is 9.88. The van der Waals surface area contributed by atoms with E-state index in [9.17, 15) is 23.6 Å². The first-order valence-corrected chi connectivity index (χ1v) is 7.94. The summed E-state index contributed by atoms with van der Waals surface area (Å²) in [5, 5.41) is 28.6. The Bertz CT molecular complexity index is 587. The SMILES string of the molecule is O=[N+]([O-])c1cc(S(=O)(=O)NCCCCCCO)ccc1O. The van der Waals surface area contributed by atoms with Crippen molar-refractivity contribution in [2.45, 2.75) is 30.6 Å². The Balaban J connectivity index is 2.66. The minimum absolute atomic E-state index is 0.114. The minimum Gasteiger partial charge on any atom is -0.502 e. The van der Waals surface area contributed by atoms with Crippen molar-refractivity contribution in [1.29, 1.82) is 0 Å². The van der Waals surface area contributed by atoms with Gasteiger partial charge in [-0.05, 0) is 25.0 Å². The van der Waals surface area contributed by atoms with E-state index in [1.54, 1.807) is 0 Å². The average molecular weight is 318 g/mol. The molecule has 0 saturated carbocycles. The fourth-order valence-electron chi connectivity index (χ4n) is 1.70. The number of phenolic OH excluding ortho intramolecular Hbond substituents is 1. The molecule has 0 atom stereocenters. The predicted molar refractivity (Wildman–Crippen MR) is 75.5 cm³/mol. The number of unbranched alkanes of at least 4 members (excludes halogenated alkanes) is 3. The predicted octanol–water partition coefficient (Wildman–Crippen LogP) is 1.13. The molecule has 0 amide bonds. The molecule has 8 nitrogen and oxygen atoms in total. The highest BCUT2D eigenvalue weighted by atomic mass is 32.2. The van der Waals surface area contributed by atoms with Crippen LogP contribution in [0, 0.1) is 10.1 Å². The molecule has 0 bridgehead atoms. The highest BCUT2D eigenvalue weighted by Crippen LogP contribution is 2.28. The lowest BCUT2D eigenvalue weighted by atomic mass is 10.2. The molecule has 0 radical (unpaired) electrons. The highest BCUT2D eigenvalue weighted by molar-refractivity contribution is 7.89. The molecule has 1 rings (SSSR count). The average Bonchev–Trinajstić information content (AvgIpc) is 2.42. The number of aliphatic hydroxyl groups excluding tert-OH is 1. The van der Waals surface area contributed by atoms with Crippen molar-refractivity contribution in [2.75, 3.05) is 13.2 Å². The maximum Gasteiger partial charge on any atom is 0.312 e. The van der Waals surface area contributed by atoms with Crippen LogP contribution in [0.1, 0.15) is 25.7 Å². The summed E-state index contributed by atoms with van der Waals surface area (Å²) in [5.41, 5.74) is -0.652. The molecule has 0 unspecified atom stereocenters. The number of rotatable bonds is 9. The third kappa shape index (κ3) is 5.29. The van der Waals surface area contributed by atoms with E-state index in [0.29, 0.717) is 12.8 Å². The van der Waals surface area contributed by atoms with Crippen molar-refractivity contribution in [2.24, 2.45) is 0 Å². The Hall–Kier alpha value is -1.71. The van der Waals surface area contributed by atoms with Crippen molar-refractivity contribution >= 4 is 15.7 Å². The quantitative estimate of drug-likeness (QED) is 0.355. The molecule has 118 valence electrons. The number of aliphatic hydroxyl groups is 1. The van der Waals surface area contributed by atoms with Crippen LogP contribution >= 0.6 is 0 Å². The van der Waals surface area contributed by atoms with Crippen molar-refractivity contribution in [3.63, 3.8) is 0 Å². The monoisotopic (exact) mass is 318 g/mol. The Morgan fingerprint density at radius 2 is 1.86 bits per heavy atom. The second kappa shape index (κ2) is 7.91. The summed E-state index contributed by atoms with van der Waals surface area (Å²) in [6.07, 6.45) is 2.87. The van der Waals surface area contributed by atoms with E-state index < -0.39 is 26.4 Å². The van der Waals surface area contributed by atoms with Crippen LogP contribution in [0.5, 0.6) is 5.75 Å². The maximum atomic E-state index is 12.0. The van der Waals surface area contributed by atoms with Crippen LogP contribution in [0.25, 0.3) is 0 Å². The number of benzene rings is 1. The van der Waals surface area contributed by atoms with E-state index in [-0.39, 0.29) is 18.0 Å². The van der Waals surface area contributed by atoms with Crippen molar-refractivity contribution < 1.29 is 23.6 Å². The van der Waals surface area contributed by atoms with Crippen LogP contribution in [-0.4, -0.2) is 36.7 Å². The third-order valence-corrected chi connectivity index (χ3v) is 4.29. The molecule has 0 aliphatic rings. The Labute approximate surface area is 122 Å². The smallest absolute Gasteiger partial charge is 0.312 e. The fourth-order valence-corrected chi connectivity index (χ4v) is 2.79. The van der Waals surface area contributed by atoms with Crippen LogP contribution in [0.15, 0.2) is 23.1 Å². The number of sulfonamides is 1. The summed E-state index contributed by atoms with van der Waals surface area (Å²) in [6.45, 7) is 0.325. The number of nitro groups is 1. The zero-order chi connectivity index (χ0) is 15.9. The molecular weight excluding hydrogens is 300 g/mol. The largest absolute Gasteiger partial charge is 0.502 e. The second-order valence-corrected chi connectivity index (χ2v) is 6.21. The summed E-state index contributed by atoms with van der Waals surface area (Å²) in [6, 6.07) is 2.91. The number of nitrogens with zero attached hydrogens (tertiary/aromatic N) is 1. The molecule has 0 heterocycles. The summed E-state index contributed by atoms with van der Waals surface area (Å²) in [7, 11) is -3.84. The van der Waals surface area contributed by atoms with Crippen LogP contribution < -0.4 is 4.72 Å². The standard InChI is InChI=1S/C12H18N2O6S/c15-8-4-2-1-3-7-13-21(19,20)10-5-6-12(16)11(9-10)14(17)18/h5-6,9,13,15-16H,1-4,7-8H2. The van der Waals surface area contributed by atoms with Gasteiger partial charge in [-0.15, -0.1) is 0 Å². The summed E-state index contributed by atoms with van der Waals surface area (Å²) in [4.78, 5) is 9.57. The Morgan fingerprint density at radius 3 is 2.48 bits per heavy atom. The van der Waals surface area contributed by atoms with Crippen LogP contribution in [0.3, 0.4) is 0 Å². The second-order valence-electron chi connectivity index (χ2n) is 4.44. The van der Waals surface area contributed by atoms with Gasteiger partial charge in [-0.1, -0.05) is 12.8 Å². The summed E-state index contributed by atoms with van der Waals surface area (Å²) >= 11 is 0. The van der Waals surface area contributed by atoms with Gasteiger partial charge in [0, 0.05) is 19.2 Å². The van der Waals surface area contributed by atoms with Gasteiger partial charge in [0.15, 0.2) is 5.75 Å². The number of nitrogens with one attached hydrogen (secondary N) is 1. The molecule has 0 aliphatic carbocycles. The molecule has 0 fully saturated rings. The lowest BCUT2D eigenvalue weighted by Crippen LogP contribution is -2.24. The van der Waals surface area contributed by atoms with Gasteiger partial charge in [0.25, 0.3) is 0 Å². The van der Waals surface area contributed by atoms with Crippen molar-refractivity contribution in [3.05, 3.63) is 28.3 Å². The van der Waals surface area contributed by atoms with E-state index in [4.69, 9.17) is 5.11 Å². The lowest BCUT2D eigenvalue weighted by molar-refractivity contribution is -0.386. The molecule has 0 spiro atoms. The van der Waals surface area contributed by atoms with E-state index in [1.807, 2.05) is 0 Å². The number of hydrogen-bond donors (Lipinski definition) is 3. The highest BCUT2D eigenvalue weighted by Gasteiger charge is 2.20. The van der Waals surface area contributed by atoms with Gasteiger partial charge in [-0.3, -0.25) is 10.1 Å². The van der Waals surface area contributed by atoms with Gasteiger partial charge in [0.05, 0.1) is 9.82 Å². The number of hydrogen-bond acceptors (Lipinski definition) is 6. The molecule has 3 N–H and O–H groups in total. The van der Waals surface area contributed by atoms with Gasteiger partial charge in [0.1, 0.15) is 0 Å². The normalized spacial score (nSPS) is 11.5. The van der Waals surface area contributed by atoms with E-state index >= 15 is 0 Å². The molecule has 1 aromatic carbocycles. The van der Waals surface area contributed by atoms with E-state index in [0.717, 1.165) is 31.0 Å². The zero-order valence-corrected chi connectivity index (χ0v) is 12.2. The lowest BCUT2D eigenvalue weighted by Gasteiger charge is -2.07. The van der Waals surface area contributed by atoms with Crippen LogP contribution in [-0.2, 0) is 10.0 Å². The van der Waals surface area contributed by atoms with Crippen LogP contribution in [0.4, 0.5) is 5.69 Å². The van der Waals surface area contributed by atoms with Crippen LogP contribution in [0.2, 0.25) is 0 Å². The first-order valence-electron chi connectivity index (χ1n) is 6.46. The zero-order valence-electron chi connectivity index (χ0n) is 11.4. The summed E-state index contributed by atoms with van der Waals surface area (Å²) < 4.78 is 26.2. The minimum atomic E-state index is -3.84. The van der Waals surface area contributed by atoms with Gasteiger partial charge >= 0.3 is 5.69 Å². The molecule has 0 aliphatic heterocycles. The Kier molecular flexibility index (Phi) is 6.53. The number of nitro benzene ring substituents is 1. The van der Waals surface area contributed by atoms with Crippen molar-refractivity contribution in [1.82, 2.24) is 4.72 Å². The molecule has 9 heteroatoms. The van der Waals surface area contributed by atoms with E-state index in [2.05, 4.69) is 4.72 Å². The molecular formula is C12H18N2O6S. The van der Waals surface area contributed by atoms with Gasteiger partial charge in [0.2, 0.25) is 10.0 Å². The first kappa shape index (κ1) is 17.3. The van der Waals surface area contributed by atoms with Crippen molar-refractivity contribution in [3.8, 4) is 5.75 Å². The molecule has 21 heavy (non-hydrogen) atoms. The summed E-state index contributed by atoms with van der Waals surface area (Å²) in [5.74, 6) is -0.581. The number of phenols is 1. The van der Waals surface area contributed by atoms with E-state index in [1.165, 1.54) is 0 Å². The molecule has 1 aromatic rings. The third-order valence-electron chi connectivity index (χ3n) is 2.83. The topological polar surface area (TPSA) is 130 Å². The molecule has 0 aromatic heterocycles. The number of aromatic hydroxyl groups is 1.